The molecule has 1 saturated heterocycles. The van der Waals surface area contributed by atoms with E-state index in [1.54, 1.807) is 4.90 Å². The van der Waals surface area contributed by atoms with Gasteiger partial charge in [-0.15, -0.1) is 0 Å². The van der Waals surface area contributed by atoms with Crippen LogP contribution in [0.2, 0.25) is 0 Å². The molecule has 1 saturated carbocycles. The van der Waals surface area contributed by atoms with Crippen LogP contribution in [0.15, 0.2) is 28.7 Å². The Labute approximate surface area is 150 Å². The molecule has 6 heteroatoms. The average molecular weight is 396 g/mol. The van der Waals surface area contributed by atoms with Crippen molar-refractivity contribution in [2.45, 2.75) is 25.7 Å². The zero-order chi connectivity index (χ0) is 17.1. The van der Waals surface area contributed by atoms with Crippen LogP contribution < -0.4 is 4.74 Å². The smallest absolute Gasteiger partial charge is 0.308 e. The summed E-state index contributed by atoms with van der Waals surface area (Å²) in [5.41, 5.74) is 0. The van der Waals surface area contributed by atoms with Crippen LogP contribution in [0, 0.1) is 17.8 Å². The Bertz CT molecular complexity index is 617. The number of ether oxygens (including phenoxy) is 1. The summed E-state index contributed by atoms with van der Waals surface area (Å²) in [7, 11) is 0. The van der Waals surface area contributed by atoms with E-state index in [4.69, 9.17) is 4.74 Å². The lowest BCUT2D eigenvalue weighted by Gasteiger charge is -2.16. The Hall–Kier alpha value is -1.56. The molecule has 2 fully saturated rings. The van der Waals surface area contributed by atoms with Crippen LogP contribution in [0.4, 0.5) is 0 Å². The fourth-order valence-electron chi connectivity index (χ4n) is 3.42. The molecule has 5 nitrogen and oxygen atoms in total. The molecule has 0 aromatic heterocycles. The Morgan fingerprint density at radius 2 is 2.08 bits per heavy atom. The second-order valence-electron chi connectivity index (χ2n) is 6.65. The minimum Gasteiger partial charge on any atom is -0.494 e. The molecule has 2 atom stereocenters. The van der Waals surface area contributed by atoms with Gasteiger partial charge in [0.05, 0.1) is 12.5 Å². The molecule has 2 aliphatic rings. The molecule has 0 radical (unpaired) electrons. The molecule has 130 valence electrons. The lowest BCUT2D eigenvalue weighted by molar-refractivity contribution is -0.142. The third-order valence-corrected chi connectivity index (χ3v) is 5.36. The summed E-state index contributed by atoms with van der Waals surface area (Å²) in [4.78, 5) is 25.5. The third-order valence-electron chi connectivity index (χ3n) is 4.86. The number of hydrogen-bond donors (Lipinski definition) is 1. The SMILES string of the molecule is O=C(O)[C@H]1CN(C(=O)CCCOc2cccc(Br)c2)C[C@@H]1C1CC1. The maximum atomic E-state index is 12.3. The van der Waals surface area contributed by atoms with Crippen LogP contribution in [-0.4, -0.2) is 41.6 Å². The molecule has 1 aromatic carbocycles. The van der Waals surface area contributed by atoms with E-state index in [-0.39, 0.29) is 17.7 Å². The van der Waals surface area contributed by atoms with E-state index in [9.17, 15) is 14.7 Å². The molecule has 3 rings (SSSR count). The summed E-state index contributed by atoms with van der Waals surface area (Å²) < 4.78 is 6.59. The number of benzene rings is 1. The maximum Gasteiger partial charge on any atom is 0.308 e. The van der Waals surface area contributed by atoms with Gasteiger partial charge in [-0.1, -0.05) is 22.0 Å². The molecule has 0 bridgehead atoms. The number of halogens is 1. The second kappa shape index (κ2) is 7.55. The Balaban J connectivity index is 1.43. The summed E-state index contributed by atoms with van der Waals surface area (Å²) in [5.74, 6) is 0.313. The van der Waals surface area contributed by atoms with Crippen molar-refractivity contribution in [3.8, 4) is 5.75 Å². The monoisotopic (exact) mass is 395 g/mol. The van der Waals surface area contributed by atoms with Crippen LogP contribution in [-0.2, 0) is 9.59 Å². The number of carboxylic acids is 1. The first kappa shape index (κ1) is 17.3. The molecular weight excluding hydrogens is 374 g/mol. The zero-order valence-electron chi connectivity index (χ0n) is 13.5. The van der Waals surface area contributed by atoms with E-state index in [0.29, 0.717) is 38.5 Å². The van der Waals surface area contributed by atoms with Gasteiger partial charge in [-0.2, -0.15) is 0 Å². The van der Waals surface area contributed by atoms with Crippen molar-refractivity contribution in [2.24, 2.45) is 17.8 Å². The summed E-state index contributed by atoms with van der Waals surface area (Å²) in [5, 5.41) is 9.36. The Morgan fingerprint density at radius 3 is 2.75 bits per heavy atom. The fraction of sp³-hybridized carbons (Fsp3) is 0.556. The predicted octanol–water partition coefficient (Wildman–Crippen LogP) is 3.18. The minimum absolute atomic E-state index is 0.0437. The van der Waals surface area contributed by atoms with Gasteiger partial charge in [0.2, 0.25) is 5.91 Å². The van der Waals surface area contributed by atoms with E-state index in [1.165, 1.54) is 0 Å². The quantitative estimate of drug-likeness (QED) is 0.719. The van der Waals surface area contributed by atoms with E-state index in [2.05, 4.69) is 15.9 Å². The van der Waals surface area contributed by atoms with Crippen LogP contribution >= 0.6 is 15.9 Å². The Kier molecular flexibility index (Phi) is 5.43. The number of amides is 1. The lowest BCUT2D eigenvalue weighted by Crippen LogP contribution is -2.30. The zero-order valence-corrected chi connectivity index (χ0v) is 15.1. The number of nitrogens with zero attached hydrogens (tertiary/aromatic N) is 1. The van der Waals surface area contributed by atoms with Gasteiger partial charge >= 0.3 is 5.97 Å². The predicted molar refractivity (Wildman–Crippen MR) is 92.8 cm³/mol. The van der Waals surface area contributed by atoms with Gasteiger partial charge in [0.15, 0.2) is 0 Å². The summed E-state index contributed by atoms with van der Waals surface area (Å²) in [6.45, 7) is 1.44. The van der Waals surface area contributed by atoms with Gasteiger partial charge in [-0.25, -0.2) is 0 Å². The largest absolute Gasteiger partial charge is 0.494 e. The highest BCUT2D eigenvalue weighted by Gasteiger charge is 2.46. The molecule has 0 unspecified atom stereocenters. The lowest BCUT2D eigenvalue weighted by atomic mass is 9.92. The normalized spacial score (nSPS) is 23.3. The third kappa shape index (κ3) is 4.29. The van der Waals surface area contributed by atoms with Crippen LogP contribution in [0.1, 0.15) is 25.7 Å². The first-order chi connectivity index (χ1) is 11.5. The van der Waals surface area contributed by atoms with E-state index < -0.39 is 5.97 Å². The van der Waals surface area contributed by atoms with Crippen molar-refractivity contribution in [3.05, 3.63) is 28.7 Å². The van der Waals surface area contributed by atoms with Crippen molar-refractivity contribution in [1.29, 1.82) is 0 Å². The van der Waals surface area contributed by atoms with Crippen molar-refractivity contribution in [1.82, 2.24) is 4.90 Å². The number of carbonyl (C=O) groups excluding carboxylic acids is 1. The molecule has 1 aliphatic carbocycles. The average Bonchev–Trinajstić information content (AvgIpc) is 3.29. The number of likely N-dealkylation sites (tertiary alicyclic amines) is 1. The fourth-order valence-corrected chi connectivity index (χ4v) is 3.80. The van der Waals surface area contributed by atoms with E-state index in [1.807, 2.05) is 24.3 Å². The highest BCUT2D eigenvalue weighted by Crippen LogP contribution is 2.44. The van der Waals surface area contributed by atoms with E-state index in [0.717, 1.165) is 23.1 Å². The van der Waals surface area contributed by atoms with Gasteiger partial charge in [0.25, 0.3) is 0 Å². The van der Waals surface area contributed by atoms with Crippen molar-refractivity contribution in [3.63, 3.8) is 0 Å². The van der Waals surface area contributed by atoms with Crippen molar-refractivity contribution < 1.29 is 19.4 Å². The molecule has 1 aliphatic heterocycles. The standard InChI is InChI=1S/C18H22BrNO4/c19-13-3-1-4-14(9-13)24-8-2-5-17(21)20-10-15(12-6-7-12)16(11-20)18(22)23/h1,3-4,9,12,15-16H,2,5-8,10-11H2,(H,22,23)/t15-,16+/m1/s1. The Morgan fingerprint density at radius 1 is 1.29 bits per heavy atom. The van der Waals surface area contributed by atoms with Gasteiger partial charge in [-0.05, 0) is 49.3 Å². The molecule has 0 spiro atoms. The van der Waals surface area contributed by atoms with Gasteiger partial charge < -0.3 is 14.7 Å². The minimum atomic E-state index is -0.764. The van der Waals surface area contributed by atoms with Gasteiger partial charge in [-0.3, -0.25) is 9.59 Å². The molecule has 1 N–H and O–H groups in total. The molecule has 1 amide bonds. The number of hydrogen-bond acceptors (Lipinski definition) is 3. The molecule has 1 aromatic rings. The van der Waals surface area contributed by atoms with Gasteiger partial charge in [0, 0.05) is 24.0 Å². The highest BCUT2D eigenvalue weighted by atomic mass is 79.9. The van der Waals surface area contributed by atoms with Crippen molar-refractivity contribution in [2.75, 3.05) is 19.7 Å². The second-order valence-corrected chi connectivity index (χ2v) is 7.57. The van der Waals surface area contributed by atoms with Gasteiger partial charge in [0.1, 0.15) is 5.75 Å². The van der Waals surface area contributed by atoms with Crippen LogP contribution in [0.3, 0.4) is 0 Å². The molecule has 24 heavy (non-hydrogen) atoms. The highest BCUT2D eigenvalue weighted by molar-refractivity contribution is 9.10. The first-order valence-corrected chi connectivity index (χ1v) is 9.23. The number of aliphatic carboxylic acids is 1. The topological polar surface area (TPSA) is 66.8 Å². The maximum absolute atomic E-state index is 12.3. The molecular formula is C18H22BrNO4. The first-order valence-electron chi connectivity index (χ1n) is 8.43. The molecule has 1 heterocycles. The van der Waals surface area contributed by atoms with Crippen LogP contribution in [0.5, 0.6) is 5.75 Å². The summed E-state index contributed by atoms with van der Waals surface area (Å²) in [6, 6.07) is 7.60. The van der Waals surface area contributed by atoms with Crippen LogP contribution in [0.25, 0.3) is 0 Å². The van der Waals surface area contributed by atoms with E-state index >= 15 is 0 Å². The number of carbonyl (C=O) groups is 2. The van der Waals surface area contributed by atoms with Crippen molar-refractivity contribution >= 4 is 27.8 Å². The summed E-state index contributed by atoms with van der Waals surface area (Å²) in [6.07, 6.45) is 3.25. The number of rotatable bonds is 7. The number of carboxylic acid groups (broad SMARTS) is 1. The summed E-state index contributed by atoms with van der Waals surface area (Å²) >= 11 is 3.39.